The third-order valence-corrected chi connectivity index (χ3v) is 9.08. The highest BCUT2D eigenvalue weighted by atomic mass is 35.5. The second kappa shape index (κ2) is 8.88. The van der Waals surface area contributed by atoms with Crippen molar-refractivity contribution in [2.45, 2.75) is 43.3 Å². The van der Waals surface area contributed by atoms with Crippen LogP contribution >= 0.6 is 22.9 Å². The van der Waals surface area contributed by atoms with Crippen molar-refractivity contribution in [1.82, 2.24) is 4.98 Å². The number of piperidine rings is 1. The van der Waals surface area contributed by atoms with E-state index in [4.69, 9.17) is 16.6 Å². The van der Waals surface area contributed by atoms with Crippen LogP contribution in [0.1, 0.15) is 35.2 Å². The molecule has 31 heavy (non-hydrogen) atoms. The van der Waals surface area contributed by atoms with E-state index in [1.54, 1.807) is 11.3 Å². The number of thiazole rings is 1. The Morgan fingerprint density at radius 1 is 1.13 bits per heavy atom. The van der Waals surface area contributed by atoms with Crippen molar-refractivity contribution in [2.75, 3.05) is 18.0 Å². The molecule has 0 atom stereocenters. The first kappa shape index (κ1) is 22.2. The number of anilines is 1. The highest BCUT2D eigenvalue weighted by Crippen LogP contribution is 2.31. The molecule has 1 aromatic heterocycles. The Morgan fingerprint density at radius 2 is 1.81 bits per heavy atom. The molecule has 1 fully saturated rings. The lowest BCUT2D eigenvalue weighted by molar-refractivity contribution is 0.529. The zero-order valence-electron chi connectivity index (χ0n) is 17.4. The molecule has 4 nitrogen and oxygen atoms in total. The summed E-state index contributed by atoms with van der Waals surface area (Å²) < 4.78 is 39.3. The number of benzene rings is 2. The maximum atomic E-state index is 13.4. The van der Waals surface area contributed by atoms with Gasteiger partial charge in [-0.3, -0.25) is 0 Å². The van der Waals surface area contributed by atoms with Crippen LogP contribution < -0.4 is 4.90 Å². The lowest BCUT2D eigenvalue weighted by Crippen LogP contribution is -2.39. The third kappa shape index (κ3) is 4.94. The zero-order valence-corrected chi connectivity index (χ0v) is 19.8. The van der Waals surface area contributed by atoms with E-state index in [-0.39, 0.29) is 9.92 Å². The number of nitrogens with zero attached hydrogens (tertiary/aromatic N) is 2. The van der Waals surface area contributed by atoms with Gasteiger partial charge in [-0.25, -0.2) is 17.8 Å². The molecule has 0 spiro atoms. The lowest BCUT2D eigenvalue weighted by Gasteiger charge is -2.31. The van der Waals surface area contributed by atoms with E-state index < -0.39 is 20.9 Å². The molecule has 1 aliphatic heterocycles. The molecule has 1 saturated heterocycles. The molecule has 2 aromatic carbocycles. The molecule has 0 unspecified atom stereocenters. The third-order valence-electron chi connectivity index (χ3n) is 5.58. The van der Waals surface area contributed by atoms with Crippen molar-refractivity contribution in [1.29, 1.82) is 0 Å². The molecule has 0 amide bonds. The minimum atomic E-state index is -3.55. The van der Waals surface area contributed by atoms with Crippen LogP contribution in [0.5, 0.6) is 0 Å². The van der Waals surface area contributed by atoms with Crippen LogP contribution in [0.15, 0.2) is 46.7 Å². The summed E-state index contributed by atoms with van der Waals surface area (Å²) >= 11 is 7.38. The Kier molecular flexibility index (Phi) is 6.37. The molecule has 0 radical (unpaired) electrons. The summed E-state index contributed by atoms with van der Waals surface area (Å²) in [4.78, 5) is 7.03. The average Bonchev–Trinajstić information content (AvgIpc) is 3.17. The van der Waals surface area contributed by atoms with Crippen LogP contribution in [-0.4, -0.2) is 31.7 Å². The van der Waals surface area contributed by atoms with Crippen LogP contribution in [0.3, 0.4) is 0 Å². The number of sulfone groups is 1. The highest BCUT2D eigenvalue weighted by Gasteiger charge is 2.32. The van der Waals surface area contributed by atoms with Gasteiger partial charge in [0, 0.05) is 24.9 Å². The number of aromatic nitrogens is 1. The van der Waals surface area contributed by atoms with Crippen molar-refractivity contribution in [2.24, 2.45) is 0 Å². The summed E-state index contributed by atoms with van der Waals surface area (Å²) in [6.45, 7) is 5.44. The second-order valence-corrected chi connectivity index (χ2v) is 11.6. The summed E-state index contributed by atoms with van der Waals surface area (Å²) in [5, 5.41) is 2.34. The van der Waals surface area contributed by atoms with Gasteiger partial charge in [0.2, 0.25) is 0 Å². The molecule has 164 valence electrons. The summed E-state index contributed by atoms with van der Waals surface area (Å²) in [7, 11) is -3.55. The number of halogens is 2. The minimum Gasteiger partial charge on any atom is -0.348 e. The molecule has 1 aliphatic rings. The van der Waals surface area contributed by atoms with Crippen LogP contribution in [0, 0.1) is 19.7 Å². The number of rotatable bonds is 5. The van der Waals surface area contributed by atoms with Gasteiger partial charge in [-0.1, -0.05) is 40.9 Å². The van der Waals surface area contributed by atoms with Crippen molar-refractivity contribution in [3.63, 3.8) is 0 Å². The smallest absolute Gasteiger partial charge is 0.185 e. The van der Waals surface area contributed by atoms with Gasteiger partial charge < -0.3 is 4.90 Å². The average molecular weight is 479 g/mol. The number of aryl methyl sites for hydroxylation is 2. The first-order valence-electron chi connectivity index (χ1n) is 10.2. The molecule has 2 heterocycles. The van der Waals surface area contributed by atoms with Gasteiger partial charge in [0.25, 0.3) is 0 Å². The summed E-state index contributed by atoms with van der Waals surface area (Å²) in [6.07, 6.45) is 1.79. The van der Waals surface area contributed by atoms with Crippen molar-refractivity contribution < 1.29 is 12.8 Å². The maximum Gasteiger partial charge on any atom is 0.185 e. The van der Waals surface area contributed by atoms with E-state index in [9.17, 15) is 12.8 Å². The summed E-state index contributed by atoms with van der Waals surface area (Å²) in [5.74, 6) is -0.615. The van der Waals surface area contributed by atoms with Gasteiger partial charge in [0.05, 0.1) is 20.9 Å². The fourth-order valence-corrected chi connectivity index (χ4v) is 6.99. The maximum absolute atomic E-state index is 13.4. The van der Waals surface area contributed by atoms with Crippen LogP contribution in [-0.2, 0) is 16.3 Å². The second-order valence-electron chi connectivity index (χ2n) is 8.10. The molecule has 0 aliphatic carbocycles. The molecule has 8 heteroatoms. The predicted molar refractivity (Wildman–Crippen MR) is 125 cm³/mol. The highest BCUT2D eigenvalue weighted by molar-refractivity contribution is 7.92. The van der Waals surface area contributed by atoms with E-state index in [1.165, 1.54) is 28.8 Å². The van der Waals surface area contributed by atoms with Crippen LogP contribution in [0.25, 0.3) is 0 Å². The molecular formula is C23H24ClFN2O2S2. The fraction of sp³-hybridized carbons (Fsp3) is 0.348. The Labute approximate surface area is 191 Å². The first-order chi connectivity index (χ1) is 14.7. The molecule has 4 rings (SSSR count). The monoisotopic (exact) mass is 478 g/mol. The number of hydrogen-bond donors (Lipinski definition) is 0. The molecule has 0 bridgehead atoms. The molecule has 0 N–H and O–H groups in total. The molecule has 3 aromatic rings. The van der Waals surface area contributed by atoms with Gasteiger partial charge in [-0.15, -0.1) is 11.3 Å². The number of hydrogen-bond acceptors (Lipinski definition) is 5. The minimum absolute atomic E-state index is 0.0855. The largest absolute Gasteiger partial charge is 0.348 e. The summed E-state index contributed by atoms with van der Waals surface area (Å²) in [5.41, 5.74) is 4.77. The van der Waals surface area contributed by atoms with Crippen LogP contribution in [0.4, 0.5) is 9.52 Å². The first-order valence-corrected chi connectivity index (χ1v) is 13.0. The van der Waals surface area contributed by atoms with Gasteiger partial charge >= 0.3 is 0 Å². The normalized spacial score (nSPS) is 15.4. The molecular weight excluding hydrogens is 455 g/mol. The Bertz CT molecular complexity index is 1180. The van der Waals surface area contributed by atoms with E-state index in [2.05, 4.69) is 42.3 Å². The van der Waals surface area contributed by atoms with Crippen molar-refractivity contribution in [3.8, 4) is 0 Å². The topological polar surface area (TPSA) is 50.3 Å². The fourth-order valence-electron chi connectivity index (χ4n) is 4.11. The zero-order chi connectivity index (χ0) is 22.2. The summed E-state index contributed by atoms with van der Waals surface area (Å²) in [6, 6.07) is 10.1. The predicted octanol–water partition coefficient (Wildman–Crippen LogP) is 5.59. The van der Waals surface area contributed by atoms with Crippen molar-refractivity contribution in [3.05, 3.63) is 75.0 Å². The van der Waals surface area contributed by atoms with Crippen molar-refractivity contribution >= 4 is 37.9 Å². The van der Waals surface area contributed by atoms with E-state index in [1.807, 2.05) is 0 Å². The lowest BCUT2D eigenvalue weighted by atomic mass is 10.0. The Hall–Kier alpha value is -1.96. The van der Waals surface area contributed by atoms with Crippen LogP contribution in [0.2, 0.25) is 5.02 Å². The van der Waals surface area contributed by atoms with Gasteiger partial charge in [0.1, 0.15) is 5.82 Å². The van der Waals surface area contributed by atoms with Gasteiger partial charge in [-0.05, 0) is 50.5 Å². The van der Waals surface area contributed by atoms with E-state index in [0.717, 1.165) is 23.3 Å². The quantitative estimate of drug-likeness (QED) is 0.449. The van der Waals surface area contributed by atoms with Gasteiger partial charge in [-0.2, -0.15) is 0 Å². The van der Waals surface area contributed by atoms with E-state index >= 15 is 0 Å². The Morgan fingerprint density at radius 3 is 2.45 bits per heavy atom. The SMILES string of the molecule is Cc1cc(C)cc(Cc2csc(N3CCC(S(=O)(=O)c4ccc(F)c(Cl)c4)CC3)n2)c1. The molecule has 0 saturated carbocycles. The van der Waals surface area contributed by atoms with E-state index in [0.29, 0.717) is 25.9 Å². The Balaban J connectivity index is 1.41. The van der Waals surface area contributed by atoms with Gasteiger partial charge in [0.15, 0.2) is 15.0 Å². The standard InChI is InChI=1S/C23H24ClFN2O2S2/c1-15-9-16(2)11-17(10-15)12-18-14-30-23(26-18)27-7-5-19(6-8-27)31(28,29)20-3-4-22(25)21(24)13-20/h3-4,9-11,13-14,19H,5-8,12H2,1-2H3.